The molecule has 1 N–H and O–H groups in total. The topological polar surface area (TPSA) is 37.3 Å². The van der Waals surface area contributed by atoms with Gasteiger partial charge in [0.15, 0.2) is 0 Å². The van der Waals surface area contributed by atoms with Crippen LogP contribution in [-0.2, 0) is 17.6 Å². The Balaban J connectivity index is 1.97. The van der Waals surface area contributed by atoms with Gasteiger partial charge in [0.25, 0.3) is 0 Å². The maximum Gasteiger partial charge on any atom is 0.306 e. The van der Waals surface area contributed by atoms with Gasteiger partial charge in [-0.25, -0.2) is 0 Å². The fourth-order valence-corrected chi connectivity index (χ4v) is 2.31. The van der Waals surface area contributed by atoms with Crippen molar-refractivity contribution in [2.45, 2.75) is 26.2 Å². The van der Waals surface area contributed by atoms with Crippen molar-refractivity contribution in [1.29, 1.82) is 0 Å². The molecular formula is C18H20O2. The van der Waals surface area contributed by atoms with Crippen molar-refractivity contribution in [2.24, 2.45) is 5.92 Å². The van der Waals surface area contributed by atoms with Crippen LogP contribution in [0, 0.1) is 12.8 Å². The molecule has 0 aliphatic rings. The summed E-state index contributed by atoms with van der Waals surface area (Å²) in [4.78, 5) is 11.4. The highest BCUT2D eigenvalue weighted by molar-refractivity contribution is 5.70. The van der Waals surface area contributed by atoms with Gasteiger partial charge in [0.05, 0.1) is 5.92 Å². The van der Waals surface area contributed by atoms with Crippen LogP contribution >= 0.6 is 0 Å². The van der Waals surface area contributed by atoms with Crippen LogP contribution in [0.4, 0.5) is 0 Å². The van der Waals surface area contributed by atoms with Gasteiger partial charge in [0.1, 0.15) is 0 Å². The molecule has 0 spiro atoms. The second-order valence-corrected chi connectivity index (χ2v) is 5.25. The molecule has 0 saturated heterocycles. The summed E-state index contributed by atoms with van der Waals surface area (Å²) < 4.78 is 0. The number of benzene rings is 2. The molecule has 1 unspecified atom stereocenters. The number of hydrogen-bond donors (Lipinski definition) is 1. The summed E-state index contributed by atoms with van der Waals surface area (Å²) >= 11 is 0. The summed E-state index contributed by atoms with van der Waals surface area (Å²) in [6, 6.07) is 18.2. The van der Waals surface area contributed by atoms with Gasteiger partial charge in [-0.2, -0.15) is 0 Å². The zero-order chi connectivity index (χ0) is 14.4. The van der Waals surface area contributed by atoms with E-state index >= 15 is 0 Å². The lowest BCUT2D eigenvalue weighted by atomic mass is 9.93. The minimum absolute atomic E-state index is 0.321. The van der Waals surface area contributed by atoms with E-state index in [9.17, 15) is 9.90 Å². The standard InChI is InChI=1S/C18H20O2/c1-14-7-9-16(10-8-14)13-17(18(19)20)12-11-15-5-3-2-4-6-15/h2-10,17H,11-13H2,1H3,(H,19,20). The van der Waals surface area contributed by atoms with E-state index in [4.69, 9.17) is 0 Å². The molecule has 20 heavy (non-hydrogen) atoms. The molecule has 0 saturated carbocycles. The van der Waals surface area contributed by atoms with E-state index in [2.05, 4.69) is 0 Å². The molecular weight excluding hydrogens is 248 g/mol. The molecule has 0 aliphatic heterocycles. The lowest BCUT2D eigenvalue weighted by Crippen LogP contribution is -2.17. The van der Waals surface area contributed by atoms with Gasteiger partial charge in [-0.1, -0.05) is 60.2 Å². The van der Waals surface area contributed by atoms with Crippen LogP contribution in [0.15, 0.2) is 54.6 Å². The van der Waals surface area contributed by atoms with Crippen LogP contribution in [-0.4, -0.2) is 11.1 Å². The summed E-state index contributed by atoms with van der Waals surface area (Å²) in [5.74, 6) is -1.03. The minimum Gasteiger partial charge on any atom is -0.481 e. The lowest BCUT2D eigenvalue weighted by molar-refractivity contribution is -0.141. The molecule has 0 fully saturated rings. The summed E-state index contributed by atoms with van der Waals surface area (Å²) in [7, 11) is 0. The summed E-state index contributed by atoms with van der Waals surface area (Å²) in [5, 5.41) is 9.37. The Morgan fingerprint density at radius 3 is 2.25 bits per heavy atom. The van der Waals surface area contributed by atoms with Crippen molar-refractivity contribution in [3.8, 4) is 0 Å². The largest absolute Gasteiger partial charge is 0.481 e. The van der Waals surface area contributed by atoms with Crippen molar-refractivity contribution in [2.75, 3.05) is 0 Å². The smallest absolute Gasteiger partial charge is 0.306 e. The molecule has 0 aliphatic carbocycles. The summed E-state index contributed by atoms with van der Waals surface area (Å²) in [6.07, 6.45) is 2.08. The first-order chi connectivity index (χ1) is 9.65. The van der Waals surface area contributed by atoms with Crippen molar-refractivity contribution < 1.29 is 9.90 Å². The molecule has 2 heteroatoms. The Bertz CT molecular complexity index is 543. The quantitative estimate of drug-likeness (QED) is 0.863. The second kappa shape index (κ2) is 6.90. The van der Waals surface area contributed by atoms with Crippen LogP contribution in [0.3, 0.4) is 0 Å². The normalized spacial score (nSPS) is 12.1. The summed E-state index contributed by atoms with van der Waals surface area (Å²) in [6.45, 7) is 2.04. The fraction of sp³-hybridized carbons (Fsp3) is 0.278. The molecule has 0 radical (unpaired) electrons. The van der Waals surface area contributed by atoms with Crippen LogP contribution < -0.4 is 0 Å². The SMILES string of the molecule is Cc1ccc(CC(CCc2ccccc2)C(=O)O)cc1. The fourth-order valence-electron chi connectivity index (χ4n) is 2.31. The third kappa shape index (κ3) is 4.23. The molecule has 0 amide bonds. The third-order valence-corrected chi connectivity index (χ3v) is 3.58. The molecule has 1 atom stereocenters. The first-order valence-corrected chi connectivity index (χ1v) is 6.97. The van der Waals surface area contributed by atoms with Gasteiger partial charge in [-0.3, -0.25) is 4.79 Å². The van der Waals surface area contributed by atoms with Crippen LogP contribution in [0.25, 0.3) is 0 Å². The molecule has 2 aromatic carbocycles. The maximum atomic E-state index is 11.4. The summed E-state index contributed by atoms with van der Waals surface area (Å²) in [5.41, 5.74) is 3.49. The average molecular weight is 268 g/mol. The van der Waals surface area contributed by atoms with Crippen LogP contribution in [0.1, 0.15) is 23.1 Å². The first kappa shape index (κ1) is 14.3. The maximum absolute atomic E-state index is 11.4. The molecule has 2 rings (SSSR count). The highest BCUT2D eigenvalue weighted by Gasteiger charge is 2.17. The third-order valence-electron chi connectivity index (χ3n) is 3.58. The number of aliphatic carboxylic acids is 1. The Morgan fingerprint density at radius 2 is 1.65 bits per heavy atom. The first-order valence-electron chi connectivity index (χ1n) is 6.97. The van der Waals surface area contributed by atoms with Crippen molar-refractivity contribution in [3.63, 3.8) is 0 Å². The van der Waals surface area contributed by atoms with E-state index in [1.54, 1.807) is 0 Å². The number of aryl methyl sites for hydroxylation is 2. The predicted octanol–water partition coefficient (Wildman–Crippen LogP) is 3.87. The van der Waals surface area contributed by atoms with Crippen molar-refractivity contribution in [1.82, 2.24) is 0 Å². The van der Waals surface area contributed by atoms with E-state index in [0.29, 0.717) is 12.8 Å². The minimum atomic E-state index is -0.707. The Morgan fingerprint density at radius 1 is 1.00 bits per heavy atom. The molecule has 0 bridgehead atoms. The van der Waals surface area contributed by atoms with Crippen molar-refractivity contribution >= 4 is 5.97 Å². The zero-order valence-electron chi connectivity index (χ0n) is 11.8. The average Bonchev–Trinajstić information content (AvgIpc) is 2.46. The Labute approximate surface area is 120 Å². The highest BCUT2D eigenvalue weighted by Crippen LogP contribution is 2.16. The van der Waals surface area contributed by atoms with Gasteiger partial charge < -0.3 is 5.11 Å². The number of carboxylic acid groups (broad SMARTS) is 1. The van der Waals surface area contributed by atoms with E-state index < -0.39 is 5.97 Å². The number of hydrogen-bond acceptors (Lipinski definition) is 1. The zero-order valence-corrected chi connectivity index (χ0v) is 11.8. The van der Waals surface area contributed by atoms with Crippen LogP contribution in [0.2, 0.25) is 0 Å². The second-order valence-electron chi connectivity index (χ2n) is 5.25. The number of rotatable bonds is 6. The Kier molecular flexibility index (Phi) is 4.94. The van der Waals surface area contributed by atoms with Gasteiger partial charge in [0.2, 0.25) is 0 Å². The van der Waals surface area contributed by atoms with E-state index in [-0.39, 0.29) is 5.92 Å². The van der Waals surface area contributed by atoms with Gasteiger partial charge >= 0.3 is 5.97 Å². The molecule has 104 valence electrons. The monoisotopic (exact) mass is 268 g/mol. The number of carbonyl (C=O) groups is 1. The molecule has 2 aromatic rings. The van der Waals surface area contributed by atoms with E-state index in [1.807, 2.05) is 61.5 Å². The van der Waals surface area contributed by atoms with Crippen molar-refractivity contribution in [3.05, 3.63) is 71.3 Å². The number of carboxylic acids is 1. The Hall–Kier alpha value is -2.09. The van der Waals surface area contributed by atoms with Gasteiger partial charge in [-0.05, 0) is 37.3 Å². The lowest BCUT2D eigenvalue weighted by Gasteiger charge is -2.12. The van der Waals surface area contributed by atoms with E-state index in [0.717, 1.165) is 12.0 Å². The molecule has 0 aromatic heterocycles. The highest BCUT2D eigenvalue weighted by atomic mass is 16.4. The van der Waals surface area contributed by atoms with Gasteiger partial charge in [0, 0.05) is 0 Å². The molecule has 0 heterocycles. The molecule has 2 nitrogen and oxygen atoms in total. The van der Waals surface area contributed by atoms with Gasteiger partial charge in [-0.15, -0.1) is 0 Å². The van der Waals surface area contributed by atoms with E-state index in [1.165, 1.54) is 11.1 Å². The van der Waals surface area contributed by atoms with Crippen LogP contribution in [0.5, 0.6) is 0 Å². The predicted molar refractivity (Wildman–Crippen MR) is 80.8 cm³/mol.